The third kappa shape index (κ3) is 3.32. The van der Waals surface area contributed by atoms with Crippen molar-refractivity contribution in [3.8, 4) is 0 Å². The molecule has 6 heteroatoms. The summed E-state index contributed by atoms with van der Waals surface area (Å²) in [6, 6.07) is 4.44. The van der Waals surface area contributed by atoms with Crippen LogP contribution in [0.3, 0.4) is 0 Å². The first-order chi connectivity index (χ1) is 9.10. The van der Waals surface area contributed by atoms with E-state index in [9.17, 15) is 9.18 Å². The maximum atomic E-state index is 13.6. The molecule has 0 aliphatic carbocycles. The summed E-state index contributed by atoms with van der Waals surface area (Å²) in [7, 11) is 0. The number of halogens is 2. The molecule has 0 aliphatic rings. The normalized spacial score (nSPS) is 10.5. The molecule has 0 saturated heterocycles. The van der Waals surface area contributed by atoms with Crippen molar-refractivity contribution in [1.29, 1.82) is 0 Å². The summed E-state index contributed by atoms with van der Waals surface area (Å²) in [6.07, 6.45) is 2.91. The lowest BCUT2D eigenvalue weighted by Crippen LogP contribution is -2.04. The molecule has 19 heavy (non-hydrogen) atoms. The van der Waals surface area contributed by atoms with Gasteiger partial charge in [-0.05, 0) is 19.1 Å². The Kier molecular flexibility index (Phi) is 4.16. The van der Waals surface area contributed by atoms with Gasteiger partial charge in [0.1, 0.15) is 5.82 Å². The molecule has 100 valence electrons. The van der Waals surface area contributed by atoms with Crippen LogP contribution in [-0.4, -0.2) is 22.4 Å². The highest BCUT2D eigenvalue weighted by Crippen LogP contribution is 2.15. The van der Waals surface area contributed by atoms with E-state index >= 15 is 0 Å². The van der Waals surface area contributed by atoms with Crippen molar-refractivity contribution in [3.63, 3.8) is 0 Å². The highest BCUT2D eigenvalue weighted by atomic mass is 35.5. The summed E-state index contributed by atoms with van der Waals surface area (Å²) >= 11 is 5.68. The van der Waals surface area contributed by atoms with Gasteiger partial charge in [-0.3, -0.25) is 4.68 Å². The Labute approximate surface area is 114 Å². The molecule has 4 nitrogen and oxygen atoms in total. The van der Waals surface area contributed by atoms with Crippen LogP contribution in [0, 0.1) is 5.82 Å². The van der Waals surface area contributed by atoms with Gasteiger partial charge < -0.3 is 4.74 Å². The van der Waals surface area contributed by atoms with Gasteiger partial charge >= 0.3 is 5.97 Å². The molecule has 0 amide bonds. The number of carbonyl (C=O) groups excluding carboxylic acids is 1. The summed E-state index contributed by atoms with van der Waals surface area (Å²) in [4.78, 5) is 11.5. The minimum atomic E-state index is -0.440. The van der Waals surface area contributed by atoms with Crippen LogP contribution < -0.4 is 0 Å². The maximum Gasteiger partial charge on any atom is 0.341 e. The molecule has 0 aliphatic heterocycles. The highest BCUT2D eigenvalue weighted by molar-refractivity contribution is 6.30. The van der Waals surface area contributed by atoms with Gasteiger partial charge in [-0.25, -0.2) is 9.18 Å². The third-order valence-electron chi connectivity index (χ3n) is 2.49. The fraction of sp³-hybridized carbons (Fsp3) is 0.231. The molecule has 0 radical (unpaired) electrons. The van der Waals surface area contributed by atoms with Crippen molar-refractivity contribution in [2.45, 2.75) is 13.5 Å². The van der Waals surface area contributed by atoms with E-state index in [0.29, 0.717) is 22.8 Å². The summed E-state index contributed by atoms with van der Waals surface area (Å²) in [5, 5.41) is 4.34. The number of benzene rings is 1. The molecule has 0 unspecified atom stereocenters. The van der Waals surface area contributed by atoms with Crippen LogP contribution in [-0.2, 0) is 11.3 Å². The molecule has 2 aromatic rings. The first kappa shape index (κ1) is 13.5. The standard InChI is InChI=1S/C13H12ClFN2O2/c1-2-19-13(18)10-6-16-17(8-10)7-9-3-4-11(14)5-12(9)15/h3-6,8H,2,7H2,1H3. The molecule has 1 aromatic carbocycles. The van der Waals surface area contributed by atoms with Crippen LogP contribution in [0.25, 0.3) is 0 Å². The Morgan fingerprint density at radius 3 is 3.00 bits per heavy atom. The zero-order valence-electron chi connectivity index (χ0n) is 10.3. The zero-order chi connectivity index (χ0) is 13.8. The Balaban J connectivity index is 2.13. The molecule has 0 atom stereocenters. The second kappa shape index (κ2) is 5.84. The van der Waals surface area contributed by atoms with E-state index in [1.165, 1.54) is 23.1 Å². The zero-order valence-corrected chi connectivity index (χ0v) is 11.0. The van der Waals surface area contributed by atoms with Gasteiger partial charge in [0.2, 0.25) is 0 Å². The summed E-state index contributed by atoms with van der Waals surface area (Å²) < 4.78 is 19.9. The van der Waals surface area contributed by atoms with Crippen molar-refractivity contribution in [2.24, 2.45) is 0 Å². The predicted molar refractivity (Wildman–Crippen MR) is 68.7 cm³/mol. The van der Waals surface area contributed by atoms with E-state index in [1.807, 2.05) is 0 Å². The minimum absolute atomic E-state index is 0.225. The second-order valence-corrected chi connectivity index (χ2v) is 4.32. The average Bonchev–Trinajstić information content (AvgIpc) is 2.82. The summed E-state index contributed by atoms with van der Waals surface area (Å²) in [6.45, 7) is 2.25. The summed E-state index contributed by atoms with van der Waals surface area (Å²) in [5.41, 5.74) is 0.791. The van der Waals surface area contributed by atoms with Crippen LogP contribution in [0.15, 0.2) is 30.6 Å². The van der Waals surface area contributed by atoms with Crippen LogP contribution in [0.5, 0.6) is 0 Å². The van der Waals surface area contributed by atoms with E-state index in [4.69, 9.17) is 16.3 Å². The number of rotatable bonds is 4. The van der Waals surface area contributed by atoms with E-state index in [0.717, 1.165) is 0 Å². The van der Waals surface area contributed by atoms with Gasteiger partial charge in [-0.2, -0.15) is 5.10 Å². The molecular weight excluding hydrogens is 271 g/mol. The summed E-state index contributed by atoms with van der Waals surface area (Å²) in [5.74, 6) is -0.842. The van der Waals surface area contributed by atoms with Crippen molar-refractivity contribution in [1.82, 2.24) is 9.78 Å². The number of esters is 1. The molecular formula is C13H12ClFN2O2. The van der Waals surface area contributed by atoms with E-state index < -0.39 is 11.8 Å². The Morgan fingerprint density at radius 2 is 2.32 bits per heavy atom. The molecule has 2 rings (SSSR count). The fourth-order valence-corrected chi connectivity index (χ4v) is 1.75. The number of nitrogens with zero attached hydrogens (tertiary/aromatic N) is 2. The second-order valence-electron chi connectivity index (χ2n) is 3.88. The highest BCUT2D eigenvalue weighted by Gasteiger charge is 2.10. The number of hydrogen-bond acceptors (Lipinski definition) is 3. The lowest BCUT2D eigenvalue weighted by atomic mass is 10.2. The third-order valence-corrected chi connectivity index (χ3v) is 2.73. The largest absolute Gasteiger partial charge is 0.462 e. The quantitative estimate of drug-likeness (QED) is 0.810. The van der Waals surface area contributed by atoms with E-state index in [2.05, 4.69) is 5.10 Å². The molecule has 0 saturated carbocycles. The van der Waals surface area contributed by atoms with Gasteiger partial charge in [-0.1, -0.05) is 17.7 Å². The van der Waals surface area contributed by atoms with Crippen LogP contribution in [0.2, 0.25) is 5.02 Å². The Bertz CT molecular complexity index is 598. The van der Waals surface area contributed by atoms with Crippen molar-refractivity contribution < 1.29 is 13.9 Å². The minimum Gasteiger partial charge on any atom is -0.462 e. The monoisotopic (exact) mass is 282 g/mol. The topological polar surface area (TPSA) is 44.1 Å². The van der Waals surface area contributed by atoms with E-state index in [-0.39, 0.29) is 6.54 Å². The Hall–Kier alpha value is -1.88. The lowest BCUT2D eigenvalue weighted by molar-refractivity contribution is 0.0526. The molecule has 0 fully saturated rings. The Morgan fingerprint density at radius 1 is 1.53 bits per heavy atom. The molecule has 1 aromatic heterocycles. The maximum absolute atomic E-state index is 13.6. The number of carbonyl (C=O) groups is 1. The van der Waals surface area contributed by atoms with Crippen LogP contribution in [0.1, 0.15) is 22.8 Å². The fourth-order valence-electron chi connectivity index (χ4n) is 1.59. The van der Waals surface area contributed by atoms with Crippen molar-refractivity contribution in [3.05, 3.63) is 52.6 Å². The number of hydrogen-bond donors (Lipinski definition) is 0. The van der Waals surface area contributed by atoms with E-state index in [1.54, 1.807) is 19.1 Å². The molecule has 1 heterocycles. The van der Waals surface area contributed by atoms with Crippen molar-refractivity contribution in [2.75, 3.05) is 6.61 Å². The molecule has 0 N–H and O–H groups in total. The number of ether oxygens (including phenoxy) is 1. The first-order valence-corrected chi connectivity index (χ1v) is 6.11. The van der Waals surface area contributed by atoms with Gasteiger partial charge in [0.15, 0.2) is 0 Å². The smallest absolute Gasteiger partial charge is 0.341 e. The van der Waals surface area contributed by atoms with Crippen molar-refractivity contribution >= 4 is 17.6 Å². The molecule has 0 bridgehead atoms. The van der Waals surface area contributed by atoms with Crippen LogP contribution in [0.4, 0.5) is 4.39 Å². The van der Waals surface area contributed by atoms with Gasteiger partial charge in [0, 0.05) is 16.8 Å². The average molecular weight is 283 g/mol. The SMILES string of the molecule is CCOC(=O)c1cnn(Cc2ccc(Cl)cc2F)c1. The molecule has 0 spiro atoms. The van der Waals surface area contributed by atoms with Gasteiger partial charge in [0.25, 0.3) is 0 Å². The lowest BCUT2D eigenvalue weighted by Gasteiger charge is -2.03. The first-order valence-electron chi connectivity index (χ1n) is 5.73. The number of aromatic nitrogens is 2. The van der Waals surface area contributed by atoms with Gasteiger partial charge in [0.05, 0.1) is 24.9 Å². The van der Waals surface area contributed by atoms with Gasteiger partial charge in [-0.15, -0.1) is 0 Å². The predicted octanol–water partition coefficient (Wildman–Crippen LogP) is 2.90. The van der Waals surface area contributed by atoms with Crippen LogP contribution >= 0.6 is 11.6 Å².